The fraction of sp³-hybridized carbons (Fsp3) is 0.417. The van der Waals surface area contributed by atoms with Gasteiger partial charge in [0, 0.05) is 12.1 Å². The fourth-order valence-corrected chi connectivity index (χ4v) is 3.98. The van der Waals surface area contributed by atoms with Crippen LogP contribution in [0, 0.1) is 13.8 Å². The van der Waals surface area contributed by atoms with Crippen molar-refractivity contribution < 1.29 is 19.2 Å². The molecule has 0 radical (unpaired) electrons. The summed E-state index contributed by atoms with van der Waals surface area (Å²) in [4.78, 5) is 28.2. The molecule has 0 atom stereocenters. The molecule has 1 heterocycles. The number of nitrogens with one attached hydrogen (secondary N) is 2. The van der Waals surface area contributed by atoms with E-state index in [-0.39, 0.29) is 11.8 Å². The number of carbonyl (C=O) groups excluding carboxylic acids is 2. The van der Waals surface area contributed by atoms with Crippen LogP contribution in [0.25, 0.3) is 0 Å². The number of ether oxygens (including phenoxy) is 1. The normalized spacial score (nSPS) is 14.4. The van der Waals surface area contributed by atoms with Gasteiger partial charge in [-0.3, -0.25) is 9.59 Å². The number of benzene rings is 2. The van der Waals surface area contributed by atoms with E-state index >= 15 is 0 Å². The average molecular weight is 411 g/mol. The van der Waals surface area contributed by atoms with Gasteiger partial charge in [-0.25, -0.2) is 0 Å². The summed E-state index contributed by atoms with van der Waals surface area (Å²) in [6.07, 6.45) is 1.15. The minimum atomic E-state index is 0.0262. The quantitative estimate of drug-likeness (QED) is 0.729. The third-order valence-corrected chi connectivity index (χ3v) is 5.78. The number of anilines is 1. The van der Waals surface area contributed by atoms with Crippen molar-refractivity contribution in [3.63, 3.8) is 0 Å². The first-order valence-electron chi connectivity index (χ1n) is 10.6. The Morgan fingerprint density at radius 3 is 2.37 bits per heavy atom. The van der Waals surface area contributed by atoms with Crippen LogP contribution in [0.5, 0.6) is 5.75 Å². The summed E-state index contributed by atoms with van der Waals surface area (Å²) in [5.74, 6) is 1.02. The predicted molar refractivity (Wildman–Crippen MR) is 118 cm³/mol. The minimum Gasteiger partial charge on any atom is -0.496 e. The highest BCUT2D eigenvalue weighted by atomic mass is 16.5. The Hall–Kier alpha value is -2.86. The van der Waals surface area contributed by atoms with Gasteiger partial charge in [0.25, 0.3) is 5.91 Å². The van der Waals surface area contributed by atoms with Crippen LogP contribution >= 0.6 is 0 Å². The van der Waals surface area contributed by atoms with Crippen LogP contribution in [-0.4, -0.2) is 56.5 Å². The molecule has 30 heavy (non-hydrogen) atoms. The summed E-state index contributed by atoms with van der Waals surface area (Å²) >= 11 is 0. The van der Waals surface area contributed by atoms with Gasteiger partial charge in [0.1, 0.15) is 5.75 Å². The lowest BCUT2D eigenvalue weighted by Crippen LogP contribution is -3.15. The molecule has 0 unspecified atom stereocenters. The number of hydrogen-bond donors (Lipinski definition) is 2. The van der Waals surface area contributed by atoms with Crippen LogP contribution in [0.2, 0.25) is 0 Å². The Morgan fingerprint density at radius 1 is 1.03 bits per heavy atom. The van der Waals surface area contributed by atoms with Crippen molar-refractivity contribution in [3.8, 4) is 5.75 Å². The number of carbonyl (C=O) groups is 2. The zero-order valence-electron chi connectivity index (χ0n) is 18.2. The van der Waals surface area contributed by atoms with E-state index in [1.807, 2.05) is 61.2 Å². The molecule has 1 aliphatic rings. The Morgan fingerprint density at radius 2 is 1.70 bits per heavy atom. The summed E-state index contributed by atoms with van der Waals surface area (Å²) in [6.45, 7) is 7.40. The third kappa shape index (κ3) is 5.60. The number of aryl methyl sites for hydroxylation is 3. The van der Waals surface area contributed by atoms with E-state index in [2.05, 4.69) is 5.32 Å². The standard InChI is InChI=1S/C24H31N3O3/c1-18-7-6-8-19(2)24(18)25-22(28)17-26-13-15-27(16-14-26)23(29)12-11-20-9-4-5-10-21(20)30-3/h4-10H,11-17H2,1-3H3,(H,25,28)/p+1. The predicted octanol–water partition coefficient (Wildman–Crippen LogP) is 1.61. The van der Waals surface area contributed by atoms with Gasteiger partial charge in [-0.15, -0.1) is 0 Å². The van der Waals surface area contributed by atoms with Gasteiger partial charge in [-0.2, -0.15) is 0 Å². The second kappa shape index (κ2) is 10.3. The Kier molecular flexibility index (Phi) is 7.46. The van der Waals surface area contributed by atoms with Crippen LogP contribution < -0.4 is 15.0 Å². The van der Waals surface area contributed by atoms with Gasteiger partial charge >= 0.3 is 0 Å². The average Bonchev–Trinajstić information content (AvgIpc) is 2.75. The molecule has 3 rings (SSSR count). The fourth-order valence-electron chi connectivity index (χ4n) is 3.98. The Bertz CT molecular complexity index is 869. The molecule has 2 aromatic rings. The highest BCUT2D eigenvalue weighted by Gasteiger charge is 2.25. The number of methoxy groups -OCH3 is 1. The maximum atomic E-state index is 12.6. The van der Waals surface area contributed by atoms with E-state index in [4.69, 9.17) is 4.74 Å². The first-order chi connectivity index (χ1) is 14.5. The molecule has 0 bridgehead atoms. The summed E-state index contributed by atoms with van der Waals surface area (Å²) in [6, 6.07) is 13.8. The summed E-state index contributed by atoms with van der Waals surface area (Å²) < 4.78 is 5.37. The maximum Gasteiger partial charge on any atom is 0.279 e. The number of nitrogens with zero attached hydrogens (tertiary/aromatic N) is 1. The van der Waals surface area contributed by atoms with Gasteiger partial charge in [0.2, 0.25) is 5.91 Å². The van der Waals surface area contributed by atoms with Crippen molar-refractivity contribution in [1.29, 1.82) is 0 Å². The van der Waals surface area contributed by atoms with Crippen molar-refractivity contribution >= 4 is 17.5 Å². The Labute approximate surface area is 178 Å². The highest BCUT2D eigenvalue weighted by molar-refractivity contribution is 5.93. The second-order valence-electron chi connectivity index (χ2n) is 7.93. The van der Waals surface area contributed by atoms with Crippen molar-refractivity contribution in [2.45, 2.75) is 26.7 Å². The van der Waals surface area contributed by atoms with E-state index in [0.717, 1.165) is 41.2 Å². The summed E-state index contributed by atoms with van der Waals surface area (Å²) in [5.41, 5.74) is 4.11. The van der Waals surface area contributed by atoms with Crippen LogP contribution in [0.1, 0.15) is 23.1 Å². The zero-order valence-corrected chi connectivity index (χ0v) is 18.2. The number of piperazine rings is 1. The second-order valence-corrected chi connectivity index (χ2v) is 7.93. The molecule has 2 N–H and O–H groups in total. The summed E-state index contributed by atoms with van der Waals surface area (Å²) in [5, 5.41) is 3.06. The Balaban J connectivity index is 1.44. The van der Waals surface area contributed by atoms with Gasteiger partial charge in [0.15, 0.2) is 6.54 Å². The van der Waals surface area contributed by atoms with E-state index in [1.54, 1.807) is 7.11 Å². The van der Waals surface area contributed by atoms with E-state index in [9.17, 15) is 9.59 Å². The van der Waals surface area contributed by atoms with Gasteiger partial charge in [0.05, 0.1) is 33.3 Å². The molecule has 2 aromatic carbocycles. The lowest BCUT2D eigenvalue weighted by atomic mass is 10.1. The number of rotatable bonds is 7. The van der Waals surface area contributed by atoms with Crippen LogP contribution in [0.15, 0.2) is 42.5 Å². The molecule has 0 aliphatic carbocycles. The SMILES string of the molecule is COc1ccccc1CCC(=O)N1CC[NH+](CC(=O)Nc2c(C)cccc2C)CC1. The third-order valence-electron chi connectivity index (χ3n) is 5.78. The first kappa shape index (κ1) is 21.8. The van der Waals surface area contributed by atoms with Crippen molar-refractivity contribution in [1.82, 2.24) is 4.90 Å². The molecule has 160 valence electrons. The van der Waals surface area contributed by atoms with E-state index < -0.39 is 0 Å². The first-order valence-corrected chi connectivity index (χ1v) is 10.6. The molecular formula is C24H32N3O3+. The van der Waals surface area contributed by atoms with Crippen molar-refractivity contribution in [2.75, 3.05) is 45.2 Å². The molecule has 1 saturated heterocycles. The number of para-hydroxylation sites is 2. The van der Waals surface area contributed by atoms with Gasteiger partial charge < -0.3 is 19.9 Å². The van der Waals surface area contributed by atoms with Crippen LogP contribution in [-0.2, 0) is 16.0 Å². The lowest BCUT2D eigenvalue weighted by Gasteiger charge is -2.32. The maximum absolute atomic E-state index is 12.6. The van der Waals surface area contributed by atoms with Crippen LogP contribution in [0.4, 0.5) is 5.69 Å². The smallest absolute Gasteiger partial charge is 0.279 e. The monoisotopic (exact) mass is 410 g/mol. The van der Waals surface area contributed by atoms with E-state index in [1.165, 1.54) is 4.90 Å². The molecule has 0 saturated carbocycles. The lowest BCUT2D eigenvalue weighted by molar-refractivity contribution is -0.895. The topological polar surface area (TPSA) is 63.1 Å². The van der Waals surface area contributed by atoms with Crippen molar-refractivity contribution in [2.24, 2.45) is 0 Å². The molecule has 0 spiro atoms. The number of amides is 2. The molecule has 6 heteroatoms. The largest absolute Gasteiger partial charge is 0.496 e. The molecule has 1 aliphatic heterocycles. The molecule has 2 amide bonds. The molecule has 1 fully saturated rings. The van der Waals surface area contributed by atoms with E-state index in [0.29, 0.717) is 32.5 Å². The molecular weight excluding hydrogens is 378 g/mol. The highest BCUT2D eigenvalue weighted by Crippen LogP contribution is 2.20. The van der Waals surface area contributed by atoms with Gasteiger partial charge in [-0.1, -0.05) is 36.4 Å². The van der Waals surface area contributed by atoms with Crippen molar-refractivity contribution in [3.05, 3.63) is 59.2 Å². The zero-order chi connectivity index (χ0) is 21.5. The minimum absolute atomic E-state index is 0.0262. The number of quaternary nitrogens is 1. The number of hydrogen-bond acceptors (Lipinski definition) is 3. The summed E-state index contributed by atoms with van der Waals surface area (Å²) in [7, 11) is 1.65. The molecule has 6 nitrogen and oxygen atoms in total. The molecule has 0 aromatic heterocycles. The van der Waals surface area contributed by atoms with Gasteiger partial charge in [-0.05, 0) is 43.0 Å². The van der Waals surface area contributed by atoms with Crippen LogP contribution in [0.3, 0.4) is 0 Å².